The molecule has 100 valence electrons. The Balaban J connectivity index is 2.21. The fraction of sp³-hybridized carbons (Fsp3) is 0.0714. The number of rotatable bonds is 4. The highest BCUT2D eigenvalue weighted by Crippen LogP contribution is 2.30. The van der Waals surface area contributed by atoms with Crippen LogP contribution in [0.15, 0.2) is 42.5 Å². The number of nitrogens with zero attached hydrogens (tertiary/aromatic N) is 2. The summed E-state index contributed by atoms with van der Waals surface area (Å²) in [5.41, 5.74) is 7.36. The molecule has 3 N–H and O–H groups in total. The first-order chi connectivity index (χ1) is 9.61. The molecular weight excluding hydrogens is 256 g/mol. The standard InChI is InChI=1S/C14H12N4O2/c15-8-10-3-1-4-11(7-10)9-17-13-6-2-5-12(16)14(13)18(19)20/h1-7,17H,9,16H2. The Labute approximate surface area is 115 Å². The summed E-state index contributed by atoms with van der Waals surface area (Å²) >= 11 is 0. The molecule has 6 nitrogen and oxygen atoms in total. The van der Waals surface area contributed by atoms with Gasteiger partial charge < -0.3 is 11.1 Å². The molecule has 0 saturated carbocycles. The van der Waals surface area contributed by atoms with E-state index in [9.17, 15) is 10.1 Å². The van der Waals surface area contributed by atoms with E-state index in [0.29, 0.717) is 17.8 Å². The highest BCUT2D eigenvalue weighted by Gasteiger charge is 2.17. The zero-order valence-corrected chi connectivity index (χ0v) is 10.5. The fourth-order valence-electron chi connectivity index (χ4n) is 1.86. The van der Waals surface area contributed by atoms with Gasteiger partial charge in [0.05, 0.1) is 16.6 Å². The van der Waals surface area contributed by atoms with Crippen LogP contribution in [0.25, 0.3) is 0 Å². The number of nitrogen functional groups attached to an aromatic ring is 1. The number of nitrogens with two attached hydrogens (primary N) is 1. The third-order valence-electron chi connectivity index (χ3n) is 2.79. The quantitative estimate of drug-likeness (QED) is 0.504. The van der Waals surface area contributed by atoms with Crippen molar-refractivity contribution in [1.82, 2.24) is 0 Å². The lowest BCUT2D eigenvalue weighted by atomic mass is 10.1. The predicted octanol–water partition coefficient (Wildman–Crippen LogP) is 2.66. The number of nitro groups is 1. The average Bonchev–Trinajstić information content (AvgIpc) is 2.45. The molecule has 0 radical (unpaired) electrons. The summed E-state index contributed by atoms with van der Waals surface area (Å²) in [5, 5.41) is 22.8. The lowest BCUT2D eigenvalue weighted by Crippen LogP contribution is -2.04. The summed E-state index contributed by atoms with van der Waals surface area (Å²) in [7, 11) is 0. The first kappa shape index (κ1) is 13.4. The minimum Gasteiger partial charge on any atom is -0.393 e. The van der Waals surface area contributed by atoms with Gasteiger partial charge in [0.25, 0.3) is 0 Å². The molecule has 0 aliphatic rings. The minimum absolute atomic E-state index is 0.116. The van der Waals surface area contributed by atoms with Gasteiger partial charge in [0.15, 0.2) is 0 Å². The fourth-order valence-corrected chi connectivity index (χ4v) is 1.86. The maximum atomic E-state index is 11.0. The highest BCUT2D eigenvalue weighted by atomic mass is 16.6. The summed E-state index contributed by atoms with van der Waals surface area (Å²) in [5.74, 6) is 0. The van der Waals surface area contributed by atoms with E-state index in [1.165, 1.54) is 6.07 Å². The minimum atomic E-state index is -0.511. The van der Waals surface area contributed by atoms with Crippen LogP contribution in [-0.4, -0.2) is 4.92 Å². The van der Waals surface area contributed by atoms with Gasteiger partial charge in [-0.05, 0) is 29.8 Å². The van der Waals surface area contributed by atoms with Gasteiger partial charge in [-0.25, -0.2) is 0 Å². The van der Waals surface area contributed by atoms with Crippen LogP contribution in [0.2, 0.25) is 0 Å². The monoisotopic (exact) mass is 268 g/mol. The van der Waals surface area contributed by atoms with Crippen molar-refractivity contribution in [2.45, 2.75) is 6.54 Å². The molecule has 6 heteroatoms. The third-order valence-corrected chi connectivity index (χ3v) is 2.79. The number of nitriles is 1. The van der Waals surface area contributed by atoms with Crippen LogP contribution in [0.4, 0.5) is 17.1 Å². The van der Waals surface area contributed by atoms with Gasteiger partial charge in [-0.1, -0.05) is 18.2 Å². The topological polar surface area (TPSA) is 105 Å². The Morgan fingerprint density at radius 2 is 2.05 bits per heavy atom. The summed E-state index contributed by atoms with van der Waals surface area (Å²) < 4.78 is 0. The van der Waals surface area contributed by atoms with Gasteiger partial charge in [0.1, 0.15) is 11.4 Å². The molecule has 0 saturated heterocycles. The van der Waals surface area contributed by atoms with Gasteiger partial charge in [-0.3, -0.25) is 10.1 Å². The number of para-hydroxylation sites is 1. The van der Waals surface area contributed by atoms with Crippen LogP contribution in [0, 0.1) is 21.4 Å². The summed E-state index contributed by atoms with van der Waals surface area (Å²) in [4.78, 5) is 10.5. The van der Waals surface area contributed by atoms with E-state index < -0.39 is 4.92 Å². The molecule has 0 unspecified atom stereocenters. The first-order valence-electron chi connectivity index (χ1n) is 5.87. The Kier molecular flexibility index (Phi) is 3.82. The Hall–Kier alpha value is -3.07. The van der Waals surface area contributed by atoms with E-state index in [2.05, 4.69) is 5.32 Å². The molecule has 2 aromatic rings. The molecule has 0 aromatic heterocycles. The molecule has 0 aliphatic heterocycles. The molecule has 2 aromatic carbocycles. The third kappa shape index (κ3) is 2.84. The van der Waals surface area contributed by atoms with Crippen molar-refractivity contribution >= 4 is 17.1 Å². The molecule has 0 atom stereocenters. The van der Waals surface area contributed by atoms with Crippen LogP contribution in [0.5, 0.6) is 0 Å². The molecule has 0 aliphatic carbocycles. The van der Waals surface area contributed by atoms with Crippen molar-refractivity contribution in [3.63, 3.8) is 0 Å². The molecule has 20 heavy (non-hydrogen) atoms. The van der Waals surface area contributed by atoms with Gasteiger partial charge in [0, 0.05) is 6.54 Å². The Morgan fingerprint density at radius 3 is 2.75 bits per heavy atom. The highest BCUT2D eigenvalue weighted by molar-refractivity contribution is 5.74. The van der Waals surface area contributed by atoms with Crippen molar-refractivity contribution in [1.29, 1.82) is 5.26 Å². The second kappa shape index (κ2) is 5.71. The van der Waals surface area contributed by atoms with Gasteiger partial charge >= 0.3 is 5.69 Å². The average molecular weight is 268 g/mol. The number of hydrogen-bond acceptors (Lipinski definition) is 5. The molecule has 0 spiro atoms. The Bertz CT molecular complexity index is 692. The largest absolute Gasteiger partial charge is 0.393 e. The smallest absolute Gasteiger partial charge is 0.314 e. The summed E-state index contributed by atoms with van der Waals surface area (Å²) in [6.45, 7) is 0.375. The van der Waals surface area contributed by atoms with Gasteiger partial charge in [-0.2, -0.15) is 5.26 Å². The van der Waals surface area contributed by atoms with Crippen LogP contribution in [0.3, 0.4) is 0 Å². The van der Waals surface area contributed by atoms with Crippen molar-refractivity contribution in [2.75, 3.05) is 11.1 Å². The van der Waals surface area contributed by atoms with Gasteiger partial charge in [-0.15, -0.1) is 0 Å². The van der Waals surface area contributed by atoms with E-state index in [0.717, 1.165) is 5.56 Å². The van der Waals surface area contributed by atoms with E-state index in [-0.39, 0.29) is 11.4 Å². The molecule has 0 bridgehead atoms. The zero-order valence-electron chi connectivity index (χ0n) is 10.5. The first-order valence-corrected chi connectivity index (χ1v) is 5.87. The second-order valence-electron chi connectivity index (χ2n) is 4.17. The molecule has 0 fully saturated rings. The van der Waals surface area contributed by atoms with Crippen molar-refractivity contribution in [3.8, 4) is 6.07 Å². The maximum Gasteiger partial charge on any atom is 0.314 e. The zero-order chi connectivity index (χ0) is 14.5. The molecular formula is C14H12N4O2. The van der Waals surface area contributed by atoms with Crippen molar-refractivity contribution in [3.05, 3.63) is 63.7 Å². The van der Waals surface area contributed by atoms with E-state index >= 15 is 0 Å². The number of nitrogens with one attached hydrogen (secondary N) is 1. The number of anilines is 2. The number of benzene rings is 2. The van der Waals surface area contributed by atoms with Gasteiger partial charge in [0.2, 0.25) is 0 Å². The predicted molar refractivity (Wildman–Crippen MR) is 76.0 cm³/mol. The van der Waals surface area contributed by atoms with E-state index in [1.807, 2.05) is 12.1 Å². The summed E-state index contributed by atoms with van der Waals surface area (Å²) in [6.07, 6.45) is 0. The molecule has 2 rings (SSSR count). The van der Waals surface area contributed by atoms with Crippen LogP contribution < -0.4 is 11.1 Å². The number of nitro benzene ring substituents is 1. The van der Waals surface area contributed by atoms with Crippen LogP contribution in [-0.2, 0) is 6.54 Å². The maximum absolute atomic E-state index is 11.0. The second-order valence-corrected chi connectivity index (χ2v) is 4.17. The van der Waals surface area contributed by atoms with E-state index in [4.69, 9.17) is 11.0 Å². The lowest BCUT2D eigenvalue weighted by molar-refractivity contribution is -0.383. The van der Waals surface area contributed by atoms with Crippen molar-refractivity contribution < 1.29 is 4.92 Å². The lowest BCUT2D eigenvalue weighted by Gasteiger charge is -2.08. The number of hydrogen-bond donors (Lipinski definition) is 2. The summed E-state index contributed by atoms with van der Waals surface area (Å²) in [6, 6.07) is 13.8. The normalized spacial score (nSPS) is 9.75. The molecule has 0 amide bonds. The molecule has 0 heterocycles. The SMILES string of the molecule is N#Cc1cccc(CNc2cccc(N)c2[N+](=O)[O-])c1. The van der Waals surface area contributed by atoms with Crippen molar-refractivity contribution in [2.24, 2.45) is 0 Å². The van der Waals surface area contributed by atoms with Crippen LogP contribution >= 0.6 is 0 Å². The van der Waals surface area contributed by atoms with Crippen LogP contribution in [0.1, 0.15) is 11.1 Å². The Morgan fingerprint density at radius 1 is 1.30 bits per heavy atom. The van der Waals surface area contributed by atoms with E-state index in [1.54, 1.807) is 30.3 Å².